The third-order valence-electron chi connectivity index (χ3n) is 4.82. The van der Waals surface area contributed by atoms with Crippen molar-refractivity contribution in [1.29, 1.82) is 0 Å². The lowest BCUT2D eigenvalue weighted by Crippen LogP contribution is -2.27. The standard InChI is InChI=1S/C18H30N2O/c1-13-12-20-17(14(2)18(13)21-3)11-16(19)10-15-8-6-4-5-7-9-15/h12,15-16H,4-11,19H2,1-3H3. The molecule has 0 aromatic carbocycles. The molecule has 3 heteroatoms. The third kappa shape index (κ3) is 4.44. The highest BCUT2D eigenvalue weighted by Gasteiger charge is 2.18. The van der Waals surface area contributed by atoms with Gasteiger partial charge in [0.15, 0.2) is 0 Å². The molecule has 1 atom stereocenters. The molecule has 0 spiro atoms. The van der Waals surface area contributed by atoms with E-state index in [0.29, 0.717) is 0 Å². The second-order valence-electron chi connectivity index (χ2n) is 6.60. The number of hydrogen-bond acceptors (Lipinski definition) is 3. The molecule has 1 aliphatic rings. The summed E-state index contributed by atoms with van der Waals surface area (Å²) in [5.41, 5.74) is 9.74. The van der Waals surface area contributed by atoms with Crippen molar-refractivity contribution in [2.24, 2.45) is 11.7 Å². The van der Waals surface area contributed by atoms with Crippen molar-refractivity contribution in [2.45, 2.75) is 71.3 Å². The maximum atomic E-state index is 6.41. The van der Waals surface area contributed by atoms with Crippen LogP contribution in [0, 0.1) is 19.8 Å². The van der Waals surface area contributed by atoms with Crippen molar-refractivity contribution in [2.75, 3.05) is 7.11 Å². The van der Waals surface area contributed by atoms with Crippen molar-refractivity contribution in [3.63, 3.8) is 0 Å². The summed E-state index contributed by atoms with van der Waals surface area (Å²) in [5.74, 6) is 1.77. The molecule has 0 amide bonds. The minimum atomic E-state index is 0.215. The lowest BCUT2D eigenvalue weighted by Gasteiger charge is -2.20. The topological polar surface area (TPSA) is 48.1 Å². The van der Waals surface area contributed by atoms with E-state index in [1.165, 1.54) is 38.5 Å². The summed E-state index contributed by atoms with van der Waals surface area (Å²) in [6.07, 6.45) is 12.2. The van der Waals surface area contributed by atoms with Crippen LogP contribution in [0.15, 0.2) is 6.20 Å². The van der Waals surface area contributed by atoms with Gasteiger partial charge in [-0.15, -0.1) is 0 Å². The van der Waals surface area contributed by atoms with Crippen LogP contribution in [0.4, 0.5) is 0 Å². The summed E-state index contributed by atoms with van der Waals surface area (Å²) in [6, 6.07) is 0.215. The lowest BCUT2D eigenvalue weighted by atomic mass is 9.90. The van der Waals surface area contributed by atoms with Crippen LogP contribution in [0.2, 0.25) is 0 Å². The summed E-state index contributed by atoms with van der Waals surface area (Å²) >= 11 is 0. The summed E-state index contributed by atoms with van der Waals surface area (Å²) < 4.78 is 5.48. The maximum Gasteiger partial charge on any atom is 0.128 e. The first kappa shape index (κ1) is 16.3. The highest BCUT2D eigenvalue weighted by molar-refractivity contribution is 5.41. The van der Waals surface area contributed by atoms with E-state index in [4.69, 9.17) is 10.5 Å². The quantitative estimate of drug-likeness (QED) is 0.836. The Hall–Kier alpha value is -1.09. The van der Waals surface area contributed by atoms with Crippen LogP contribution in [-0.2, 0) is 6.42 Å². The fourth-order valence-electron chi connectivity index (χ4n) is 3.64. The molecule has 118 valence electrons. The van der Waals surface area contributed by atoms with Gasteiger partial charge < -0.3 is 10.5 Å². The van der Waals surface area contributed by atoms with Gasteiger partial charge in [-0.1, -0.05) is 38.5 Å². The maximum absolute atomic E-state index is 6.41. The fourth-order valence-corrected chi connectivity index (χ4v) is 3.64. The van der Waals surface area contributed by atoms with Crippen molar-refractivity contribution in [3.05, 3.63) is 23.0 Å². The average molecular weight is 290 g/mol. The minimum Gasteiger partial charge on any atom is -0.496 e. The van der Waals surface area contributed by atoms with Crippen molar-refractivity contribution in [1.82, 2.24) is 4.98 Å². The van der Waals surface area contributed by atoms with Gasteiger partial charge in [-0.25, -0.2) is 0 Å². The van der Waals surface area contributed by atoms with Gasteiger partial charge in [-0.3, -0.25) is 4.98 Å². The minimum absolute atomic E-state index is 0.215. The molecule has 1 aromatic rings. The Labute approximate surface area is 129 Å². The van der Waals surface area contributed by atoms with Gasteiger partial charge in [-0.05, 0) is 26.2 Å². The van der Waals surface area contributed by atoms with E-state index in [9.17, 15) is 0 Å². The molecule has 0 saturated heterocycles. The average Bonchev–Trinajstić information content (AvgIpc) is 2.71. The van der Waals surface area contributed by atoms with Gasteiger partial charge >= 0.3 is 0 Å². The van der Waals surface area contributed by atoms with Crippen LogP contribution in [0.1, 0.15) is 61.8 Å². The van der Waals surface area contributed by atoms with Gasteiger partial charge in [0.05, 0.1) is 7.11 Å². The Bertz CT molecular complexity index is 451. The van der Waals surface area contributed by atoms with Crippen LogP contribution in [-0.4, -0.2) is 18.1 Å². The molecular formula is C18H30N2O. The van der Waals surface area contributed by atoms with Crippen LogP contribution in [0.25, 0.3) is 0 Å². The second-order valence-corrected chi connectivity index (χ2v) is 6.60. The first-order valence-corrected chi connectivity index (χ1v) is 8.36. The number of rotatable bonds is 5. The largest absolute Gasteiger partial charge is 0.496 e. The number of nitrogens with zero attached hydrogens (tertiary/aromatic N) is 1. The van der Waals surface area contributed by atoms with Crippen LogP contribution in [0.3, 0.4) is 0 Å². The predicted molar refractivity (Wildman–Crippen MR) is 87.8 cm³/mol. The second kappa shape index (κ2) is 7.79. The Balaban J connectivity index is 1.97. The number of hydrogen-bond donors (Lipinski definition) is 1. The zero-order valence-electron chi connectivity index (χ0n) is 13.8. The fraction of sp³-hybridized carbons (Fsp3) is 0.722. The van der Waals surface area contributed by atoms with Gasteiger partial charge in [0.1, 0.15) is 5.75 Å². The number of methoxy groups -OCH3 is 1. The van der Waals surface area contributed by atoms with E-state index < -0.39 is 0 Å². The molecule has 1 heterocycles. The highest BCUT2D eigenvalue weighted by Crippen LogP contribution is 2.28. The third-order valence-corrected chi connectivity index (χ3v) is 4.82. The molecule has 2 N–H and O–H groups in total. The molecule has 1 saturated carbocycles. The Morgan fingerprint density at radius 1 is 1.24 bits per heavy atom. The summed E-state index contributed by atoms with van der Waals surface area (Å²) in [5, 5.41) is 0. The van der Waals surface area contributed by atoms with Crippen molar-refractivity contribution in [3.8, 4) is 5.75 Å². The van der Waals surface area contributed by atoms with E-state index in [2.05, 4.69) is 11.9 Å². The SMILES string of the molecule is COc1c(C)cnc(CC(N)CC2CCCCCC2)c1C. The normalized spacial score (nSPS) is 18.3. The first-order valence-electron chi connectivity index (χ1n) is 8.36. The van der Waals surface area contributed by atoms with E-state index in [-0.39, 0.29) is 6.04 Å². The Morgan fingerprint density at radius 3 is 2.52 bits per heavy atom. The molecule has 0 radical (unpaired) electrons. The van der Waals surface area contributed by atoms with E-state index in [1.54, 1.807) is 7.11 Å². The molecule has 21 heavy (non-hydrogen) atoms. The zero-order chi connectivity index (χ0) is 15.2. The number of ether oxygens (including phenoxy) is 1. The molecule has 1 aromatic heterocycles. The van der Waals surface area contributed by atoms with Crippen LogP contribution >= 0.6 is 0 Å². The smallest absolute Gasteiger partial charge is 0.128 e. The number of aryl methyl sites for hydroxylation is 1. The molecule has 1 unspecified atom stereocenters. The molecule has 0 aliphatic heterocycles. The molecule has 2 rings (SSSR count). The molecular weight excluding hydrogens is 260 g/mol. The summed E-state index contributed by atoms with van der Waals surface area (Å²) in [7, 11) is 1.73. The molecule has 0 bridgehead atoms. The monoisotopic (exact) mass is 290 g/mol. The van der Waals surface area contributed by atoms with Crippen LogP contribution in [0.5, 0.6) is 5.75 Å². The Kier molecular flexibility index (Phi) is 6.04. The van der Waals surface area contributed by atoms with Gasteiger partial charge in [0.2, 0.25) is 0 Å². The lowest BCUT2D eigenvalue weighted by molar-refractivity contribution is 0.383. The van der Waals surface area contributed by atoms with E-state index in [0.717, 1.165) is 41.3 Å². The predicted octanol–water partition coefficient (Wildman–Crippen LogP) is 3.94. The number of aromatic nitrogens is 1. The summed E-state index contributed by atoms with van der Waals surface area (Å²) in [6.45, 7) is 4.13. The number of pyridine rings is 1. The molecule has 1 aliphatic carbocycles. The van der Waals surface area contributed by atoms with Gasteiger partial charge in [0.25, 0.3) is 0 Å². The Morgan fingerprint density at radius 2 is 1.90 bits per heavy atom. The van der Waals surface area contributed by atoms with Gasteiger partial charge in [-0.2, -0.15) is 0 Å². The first-order chi connectivity index (χ1) is 10.1. The van der Waals surface area contributed by atoms with Gasteiger partial charge in [0, 0.05) is 35.5 Å². The summed E-state index contributed by atoms with van der Waals surface area (Å²) in [4.78, 5) is 4.58. The van der Waals surface area contributed by atoms with E-state index in [1.807, 2.05) is 13.1 Å². The van der Waals surface area contributed by atoms with Crippen molar-refractivity contribution >= 4 is 0 Å². The number of nitrogens with two attached hydrogens (primary N) is 1. The molecule has 1 fully saturated rings. The zero-order valence-corrected chi connectivity index (χ0v) is 13.8. The van der Waals surface area contributed by atoms with Crippen molar-refractivity contribution < 1.29 is 4.74 Å². The van der Waals surface area contributed by atoms with Crippen LogP contribution < -0.4 is 10.5 Å². The van der Waals surface area contributed by atoms with E-state index >= 15 is 0 Å². The molecule has 3 nitrogen and oxygen atoms in total. The highest BCUT2D eigenvalue weighted by atomic mass is 16.5.